The number of cyclic esters (lactones) is 1. The molecule has 0 spiro atoms. The Bertz CT molecular complexity index is 672. The van der Waals surface area contributed by atoms with Crippen molar-refractivity contribution < 1.29 is 19.1 Å². The second kappa shape index (κ2) is 6.58. The zero-order valence-electron chi connectivity index (χ0n) is 15.4. The lowest BCUT2D eigenvalue weighted by Gasteiger charge is -2.41. The van der Waals surface area contributed by atoms with Gasteiger partial charge < -0.3 is 14.4 Å². The van der Waals surface area contributed by atoms with Crippen molar-refractivity contribution in [3.05, 3.63) is 29.3 Å². The number of amides is 2. The number of ether oxygens (including phenoxy) is 2. The van der Waals surface area contributed by atoms with Gasteiger partial charge in [0.05, 0.1) is 5.69 Å². The topological polar surface area (TPSA) is 59.1 Å². The van der Waals surface area contributed by atoms with Crippen LogP contribution >= 0.6 is 0 Å². The van der Waals surface area contributed by atoms with Crippen LogP contribution < -0.4 is 4.90 Å². The zero-order chi connectivity index (χ0) is 18.2. The van der Waals surface area contributed by atoms with E-state index < -0.39 is 5.60 Å². The van der Waals surface area contributed by atoms with Crippen LogP contribution in [0.5, 0.6) is 0 Å². The molecule has 1 fully saturated rings. The Morgan fingerprint density at radius 2 is 1.92 bits per heavy atom. The monoisotopic (exact) mass is 346 g/mol. The summed E-state index contributed by atoms with van der Waals surface area (Å²) in [6.07, 6.45) is 0.839. The van der Waals surface area contributed by atoms with Crippen LogP contribution in [0.25, 0.3) is 0 Å². The van der Waals surface area contributed by atoms with Crippen molar-refractivity contribution in [3.8, 4) is 0 Å². The van der Waals surface area contributed by atoms with E-state index in [4.69, 9.17) is 9.47 Å². The molecule has 1 aromatic rings. The van der Waals surface area contributed by atoms with Crippen molar-refractivity contribution in [2.24, 2.45) is 0 Å². The first-order valence-electron chi connectivity index (χ1n) is 8.78. The van der Waals surface area contributed by atoms with Crippen LogP contribution in [0.4, 0.5) is 15.3 Å². The molecule has 0 aromatic heterocycles. The van der Waals surface area contributed by atoms with Crippen LogP contribution in [-0.4, -0.2) is 41.8 Å². The summed E-state index contributed by atoms with van der Waals surface area (Å²) < 4.78 is 10.8. The minimum atomic E-state index is -0.499. The molecule has 25 heavy (non-hydrogen) atoms. The first-order valence-corrected chi connectivity index (χ1v) is 8.78. The normalized spacial score (nSPS) is 18.6. The predicted molar refractivity (Wildman–Crippen MR) is 94.7 cm³/mol. The maximum atomic E-state index is 12.4. The number of nitrogens with zero attached hydrogens (tertiary/aromatic N) is 2. The highest BCUT2D eigenvalue weighted by atomic mass is 16.6. The number of piperidine rings is 1. The molecule has 1 saturated heterocycles. The Hall–Kier alpha value is -2.24. The van der Waals surface area contributed by atoms with Crippen molar-refractivity contribution >= 4 is 17.9 Å². The highest BCUT2D eigenvalue weighted by Gasteiger charge is 2.36. The van der Waals surface area contributed by atoms with Gasteiger partial charge in [-0.3, -0.25) is 4.90 Å². The molecule has 2 aliphatic heterocycles. The van der Waals surface area contributed by atoms with Gasteiger partial charge >= 0.3 is 12.2 Å². The average molecular weight is 346 g/mol. The van der Waals surface area contributed by atoms with Gasteiger partial charge in [-0.25, -0.2) is 9.59 Å². The van der Waals surface area contributed by atoms with E-state index in [1.165, 1.54) is 0 Å². The van der Waals surface area contributed by atoms with E-state index in [0.29, 0.717) is 32.5 Å². The van der Waals surface area contributed by atoms with Crippen molar-refractivity contribution in [3.63, 3.8) is 0 Å². The lowest BCUT2D eigenvalue weighted by atomic mass is 9.99. The van der Waals surface area contributed by atoms with E-state index >= 15 is 0 Å². The summed E-state index contributed by atoms with van der Waals surface area (Å²) in [5.41, 5.74) is 2.58. The molecule has 0 N–H and O–H groups in total. The van der Waals surface area contributed by atoms with E-state index in [1.54, 1.807) is 9.80 Å². The number of anilines is 1. The predicted octanol–water partition coefficient (Wildman–Crippen LogP) is 3.85. The number of rotatable bonds is 1. The summed E-state index contributed by atoms with van der Waals surface area (Å²) in [6, 6.07) is 6.03. The highest BCUT2D eigenvalue weighted by molar-refractivity contribution is 5.92. The quantitative estimate of drug-likeness (QED) is 0.775. The SMILES string of the molecule is Cc1cccc2c1N(C1CCN(C(=O)OC(C)(C)C)CC1)C(=O)OC2. The molecule has 0 atom stereocenters. The zero-order valence-corrected chi connectivity index (χ0v) is 15.4. The molecule has 2 amide bonds. The molecule has 2 aliphatic rings. The first kappa shape index (κ1) is 17.6. The van der Waals surface area contributed by atoms with Gasteiger partial charge in [0.1, 0.15) is 12.2 Å². The molecular weight excluding hydrogens is 320 g/mol. The van der Waals surface area contributed by atoms with Gasteiger partial charge in [0.25, 0.3) is 0 Å². The summed E-state index contributed by atoms with van der Waals surface area (Å²) in [4.78, 5) is 28.1. The minimum absolute atomic E-state index is 0.0336. The molecular formula is C19H26N2O4. The highest BCUT2D eigenvalue weighted by Crippen LogP contribution is 2.34. The van der Waals surface area contributed by atoms with Crippen molar-refractivity contribution in [1.82, 2.24) is 4.90 Å². The number of hydrogen-bond donors (Lipinski definition) is 0. The number of carbonyl (C=O) groups excluding carboxylic acids is 2. The van der Waals surface area contributed by atoms with Gasteiger partial charge in [-0.05, 0) is 46.1 Å². The molecule has 0 unspecified atom stereocenters. The molecule has 1 aromatic carbocycles. The molecule has 3 rings (SSSR count). The number of aryl methyl sites for hydroxylation is 1. The fourth-order valence-corrected chi connectivity index (χ4v) is 3.45. The summed E-state index contributed by atoms with van der Waals surface area (Å²) in [5, 5.41) is 0. The molecule has 0 bridgehead atoms. The number of para-hydroxylation sites is 1. The Kier molecular flexibility index (Phi) is 4.62. The van der Waals surface area contributed by atoms with Gasteiger partial charge in [-0.15, -0.1) is 0 Å². The molecule has 6 heteroatoms. The lowest BCUT2D eigenvalue weighted by molar-refractivity contribution is 0.0204. The number of benzene rings is 1. The summed E-state index contributed by atoms with van der Waals surface area (Å²) >= 11 is 0. The van der Waals surface area contributed by atoms with Gasteiger partial charge in [-0.2, -0.15) is 0 Å². The van der Waals surface area contributed by atoms with Crippen LogP contribution in [0.3, 0.4) is 0 Å². The van der Waals surface area contributed by atoms with E-state index in [9.17, 15) is 9.59 Å². The lowest BCUT2D eigenvalue weighted by Crippen LogP contribution is -2.51. The van der Waals surface area contributed by atoms with Crippen molar-refractivity contribution in [2.45, 2.75) is 58.8 Å². The third-order valence-corrected chi connectivity index (χ3v) is 4.59. The van der Waals surface area contributed by atoms with E-state index in [1.807, 2.05) is 45.9 Å². The number of hydrogen-bond acceptors (Lipinski definition) is 4. The Morgan fingerprint density at radius 1 is 1.24 bits per heavy atom. The molecule has 0 saturated carbocycles. The maximum Gasteiger partial charge on any atom is 0.414 e. The fraction of sp³-hybridized carbons (Fsp3) is 0.579. The van der Waals surface area contributed by atoms with E-state index in [-0.39, 0.29) is 18.2 Å². The third-order valence-electron chi connectivity index (χ3n) is 4.59. The smallest absolute Gasteiger partial charge is 0.414 e. The number of carbonyl (C=O) groups is 2. The van der Waals surface area contributed by atoms with E-state index in [2.05, 4.69) is 0 Å². The van der Waals surface area contributed by atoms with Crippen LogP contribution in [0.15, 0.2) is 18.2 Å². The molecule has 0 aliphatic carbocycles. The van der Waals surface area contributed by atoms with E-state index in [0.717, 1.165) is 16.8 Å². The van der Waals surface area contributed by atoms with Gasteiger partial charge in [0.2, 0.25) is 0 Å². The van der Waals surface area contributed by atoms with Gasteiger partial charge in [0, 0.05) is 24.7 Å². The standard InChI is InChI=1S/C19H26N2O4/c1-13-6-5-7-14-12-24-18(23)21(16(13)14)15-8-10-20(11-9-15)17(22)25-19(2,3)4/h5-7,15H,8-12H2,1-4H3. The van der Waals surface area contributed by atoms with Crippen LogP contribution in [-0.2, 0) is 16.1 Å². The third kappa shape index (κ3) is 3.72. The molecule has 0 radical (unpaired) electrons. The van der Waals surface area contributed by atoms with Crippen molar-refractivity contribution in [2.75, 3.05) is 18.0 Å². The largest absolute Gasteiger partial charge is 0.444 e. The fourth-order valence-electron chi connectivity index (χ4n) is 3.45. The Labute approximate surface area is 148 Å². The van der Waals surface area contributed by atoms with Gasteiger partial charge in [0.15, 0.2) is 0 Å². The average Bonchev–Trinajstić information content (AvgIpc) is 2.54. The van der Waals surface area contributed by atoms with Crippen molar-refractivity contribution in [1.29, 1.82) is 0 Å². The minimum Gasteiger partial charge on any atom is -0.444 e. The maximum absolute atomic E-state index is 12.4. The number of fused-ring (bicyclic) bond motifs is 1. The molecule has 2 heterocycles. The summed E-state index contributed by atoms with van der Waals surface area (Å²) in [6.45, 7) is 9.07. The molecule has 136 valence electrons. The second-order valence-corrected chi connectivity index (χ2v) is 7.71. The van der Waals surface area contributed by atoms with Crippen LogP contribution in [0, 0.1) is 6.92 Å². The summed E-state index contributed by atoms with van der Waals surface area (Å²) in [5.74, 6) is 0. The van der Waals surface area contributed by atoms with Crippen LogP contribution in [0.2, 0.25) is 0 Å². The summed E-state index contributed by atoms with van der Waals surface area (Å²) in [7, 11) is 0. The second-order valence-electron chi connectivity index (χ2n) is 7.71. The number of likely N-dealkylation sites (tertiary alicyclic amines) is 1. The van der Waals surface area contributed by atoms with Gasteiger partial charge in [-0.1, -0.05) is 18.2 Å². The van der Waals surface area contributed by atoms with Crippen LogP contribution in [0.1, 0.15) is 44.7 Å². The molecule has 6 nitrogen and oxygen atoms in total. The Morgan fingerprint density at radius 3 is 2.56 bits per heavy atom. The Balaban J connectivity index is 1.71. The first-order chi connectivity index (χ1) is 11.8.